The van der Waals surface area contributed by atoms with Gasteiger partial charge in [0, 0.05) is 43.9 Å². The van der Waals surface area contributed by atoms with Gasteiger partial charge in [0.1, 0.15) is 11.6 Å². The fourth-order valence-electron chi connectivity index (χ4n) is 2.57. The van der Waals surface area contributed by atoms with Gasteiger partial charge < -0.3 is 5.73 Å². The summed E-state index contributed by atoms with van der Waals surface area (Å²) >= 11 is 0. The molecule has 0 unspecified atom stereocenters. The van der Waals surface area contributed by atoms with Crippen molar-refractivity contribution in [2.45, 2.75) is 13.0 Å². The second-order valence-corrected chi connectivity index (χ2v) is 5.12. The normalized spacial score (nSPS) is 18.9. The largest absolute Gasteiger partial charge is 0.369 e. The summed E-state index contributed by atoms with van der Waals surface area (Å²) in [7, 11) is 0. The maximum atomic E-state index is 13.8. The molecule has 6 heteroatoms. The van der Waals surface area contributed by atoms with Crippen LogP contribution in [0.2, 0.25) is 0 Å². The number of carbonyl (C=O) groups excluding carboxylic acids is 1. The minimum absolute atomic E-state index is 0.119. The van der Waals surface area contributed by atoms with Gasteiger partial charge in [0.05, 0.1) is 6.54 Å². The number of nitrogens with two attached hydrogens (primary N) is 1. The molecule has 2 rings (SSSR count). The Kier molecular flexibility index (Phi) is 4.67. The van der Waals surface area contributed by atoms with Crippen molar-refractivity contribution >= 4 is 5.91 Å². The molecule has 110 valence electrons. The minimum atomic E-state index is -0.565. The van der Waals surface area contributed by atoms with E-state index in [1.54, 1.807) is 0 Å². The zero-order valence-corrected chi connectivity index (χ0v) is 11.5. The highest BCUT2D eigenvalue weighted by atomic mass is 19.1. The van der Waals surface area contributed by atoms with E-state index in [-0.39, 0.29) is 18.5 Å². The summed E-state index contributed by atoms with van der Waals surface area (Å²) in [6, 6.07) is 3.56. The molecule has 4 nitrogen and oxygen atoms in total. The Hall–Kier alpha value is -1.53. The van der Waals surface area contributed by atoms with Crippen LogP contribution in [0.4, 0.5) is 8.78 Å². The molecular formula is C14H19F2N3O. The number of halogens is 2. The molecule has 1 amide bonds. The number of nitrogens with zero attached hydrogens (tertiary/aromatic N) is 2. The Bertz CT molecular complexity index is 487. The minimum Gasteiger partial charge on any atom is -0.369 e. The monoisotopic (exact) mass is 283 g/mol. The van der Waals surface area contributed by atoms with Crippen molar-refractivity contribution in [2.75, 3.05) is 32.7 Å². The third kappa shape index (κ3) is 3.52. The summed E-state index contributed by atoms with van der Waals surface area (Å²) in [5.41, 5.74) is 5.66. The molecular weight excluding hydrogens is 264 g/mol. The van der Waals surface area contributed by atoms with Crippen LogP contribution in [0, 0.1) is 11.6 Å². The first-order chi connectivity index (χ1) is 9.47. The Balaban J connectivity index is 1.97. The molecule has 1 heterocycles. The van der Waals surface area contributed by atoms with Crippen LogP contribution in [0.25, 0.3) is 0 Å². The van der Waals surface area contributed by atoms with Crippen LogP contribution in [0.3, 0.4) is 0 Å². The van der Waals surface area contributed by atoms with Crippen molar-refractivity contribution < 1.29 is 13.6 Å². The first-order valence-corrected chi connectivity index (χ1v) is 6.67. The molecule has 1 aliphatic heterocycles. The predicted molar refractivity (Wildman–Crippen MR) is 72.0 cm³/mol. The number of hydrogen-bond acceptors (Lipinski definition) is 3. The predicted octanol–water partition coefficient (Wildman–Crippen LogP) is 1.13. The van der Waals surface area contributed by atoms with Crippen LogP contribution in [0.5, 0.6) is 0 Å². The highest BCUT2D eigenvalue weighted by Gasteiger charge is 2.24. The Morgan fingerprint density at radius 1 is 1.30 bits per heavy atom. The van der Waals surface area contributed by atoms with Gasteiger partial charge in [-0.15, -0.1) is 0 Å². The lowest BCUT2D eigenvalue weighted by molar-refractivity contribution is -0.119. The number of hydrogen-bond donors (Lipinski definition) is 1. The number of primary amides is 1. The van der Waals surface area contributed by atoms with Crippen molar-refractivity contribution in [3.8, 4) is 0 Å². The molecule has 0 aromatic heterocycles. The lowest BCUT2D eigenvalue weighted by atomic mass is 10.1. The van der Waals surface area contributed by atoms with Crippen molar-refractivity contribution in [3.05, 3.63) is 35.4 Å². The van der Waals surface area contributed by atoms with E-state index in [9.17, 15) is 13.6 Å². The molecule has 2 N–H and O–H groups in total. The van der Waals surface area contributed by atoms with Crippen LogP contribution in [0.15, 0.2) is 18.2 Å². The van der Waals surface area contributed by atoms with E-state index < -0.39 is 11.6 Å². The molecule has 1 atom stereocenters. The van der Waals surface area contributed by atoms with Gasteiger partial charge in [-0.25, -0.2) is 8.78 Å². The third-order valence-corrected chi connectivity index (χ3v) is 3.75. The van der Waals surface area contributed by atoms with Crippen LogP contribution >= 0.6 is 0 Å². The van der Waals surface area contributed by atoms with Gasteiger partial charge in [0.25, 0.3) is 0 Å². The van der Waals surface area contributed by atoms with Gasteiger partial charge in [0.15, 0.2) is 0 Å². The molecule has 20 heavy (non-hydrogen) atoms. The summed E-state index contributed by atoms with van der Waals surface area (Å²) in [4.78, 5) is 15.0. The molecule has 1 saturated heterocycles. The first-order valence-electron chi connectivity index (χ1n) is 6.67. The Morgan fingerprint density at radius 2 is 1.95 bits per heavy atom. The van der Waals surface area contributed by atoms with E-state index in [0.29, 0.717) is 5.56 Å². The molecule has 1 aliphatic rings. The zero-order valence-electron chi connectivity index (χ0n) is 11.5. The maximum absolute atomic E-state index is 13.8. The fraction of sp³-hybridized carbons (Fsp3) is 0.500. The van der Waals surface area contributed by atoms with Crippen molar-refractivity contribution in [1.29, 1.82) is 0 Å². The quantitative estimate of drug-likeness (QED) is 0.901. The van der Waals surface area contributed by atoms with Crippen LogP contribution < -0.4 is 5.73 Å². The summed E-state index contributed by atoms with van der Waals surface area (Å²) in [6.07, 6.45) is 0. The molecule has 1 aromatic carbocycles. The van der Waals surface area contributed by atoms with E-state index in [0.717, 1.165) is 32.2 Å². The average molecular weight is 283 g/mol. The van der Waals surface area contributed by atoms with E-state index >= 15 is 0 Å². The number of rotatable bonds is 4. The number of piperazine rings is 1. The lowest BCUT2D eigenvalue weighted by Crippen LogP contribution is -2.49. The van der Waals surface area contributed by atoms with Crippen molar-refractivity contribution in [2.24, 2.45) is 5.73 Å². The second-order valence-electron chi connectivity index (χ2n) is 5.12. The van der Waals surface area contributed by atoms with Gasteiger partial charge in [-0.1, -0.05) is 6.07 Å². The average Bonchev–Trinajstić information content (AvgIpc) is 2.38. The number of benzene rings is 1. The van der Waals surface area contributed by atoms with E-state index in [1.165, 1.54) is 12.1 Å². The molecule has 0 bridgehead atoms. The Labute approximate surface area is 117 Å². The van der Waals surface area contributed by atoms with Crippen LogP contribution in [-0.2, 0) is 4.79 Å². The van der Waals surface area contributed by atoms with Gasteiger partial charge in [-0.2, -0.15) is 0 Å². The molecule has 0 spiro atoms. The molecule has 1 fully saturated rings. The van der Waals surface area contributed by atoms with Gasteiger partial charge >= 0.3 is 0 Å². The molecule has 0 radical (unpaired) electrons. The maximum Gasteiger partial charge on any atom is 0.231 e. The van der Waals surface area contributed by atoms with Gasteiger partial charge in [0.2, 0.25) is 5.91 Å². The summed E-state index contributed by atoms with van der Waals surface area (Å²) < 4.78 is 26.7. The highest BCUT2D eigenvalue weighted by Crippen LogP contribution is 2.24. The van der Waals surface area contributed by atoms with E-state index in [2.05, 4.69) is 4.90 Å². The summed E-state index contributed by atoms with van der Waals surface area (Å²) in [5, 5.41) is 0. The standard InChI is InChI=1S/C14H19F2N3O/c1-10(12-3-2-11(15)8-13(12)16)19-6-4-18(5-7-19)9-14(17)20/h2-3,8,10H,4-7,9H2,1H3,(H2,17,20)/t10-/m0/s1. The van der Waals surface area contributed by atoms with Crippen LogP contribution in [0.1, 0.15) is 18.5 Å². The van der Waals surface area contributed by atoms with E-state index in [4.69, 9.17) is 5.73 Å². The fourth-order valence-corrected chi connectivity index (χ4v) is 2.57. The number of carbonyl (C=O) groups is 1. The number of amides is 1. The molecule has 0 saturated carbocycles. The lowest BCUT2D eigenvalue weighted by Gasteiger charge is -2.37. The SMILES string of the molecule is C[C@@H](c1ccc(F)cc1F)N1CCN(CC(N)=O)CC1. The third-order valence-electron chi connectivity index (χ3n) is 3.75. The topological polar surface area (TPSA) is 49.6 Å². The zero-order chi connectivity index (χ0) is 14.7. The summed E-state index contributed by atoms with van der Waals surface area (Å²) in [6.45, 7) is 5.05. The van der Waals surface area contributed by atoms with E-state index in [1.807, 2.05) is 11.8 Å². The highest BCUT2D eigenvalue weighted by molar-refractivity contribution is 5.75. The van der Waals surface area contributed by atoms with Gasteiger partial charge in [-0.05, 0) is 13.0 Å². The van der Waals surface area contributed by atoms with Crippen molar-refractivity contribution in [3.63, 3.8) is 0 Å². The molecule has 1 aromatic rings. The van der Waals surface area contributed by atoms with Gasteiger partial charge in [-0.3, -0.25) is 14.6 Å². The van der Waals surface area contributed by atoms with Crippen molar-refractivity contribution in [1.82, 2.24) is 9.80 Å². The first kappa shape index (κ1) is 14.9. The Morgan fingerprint density at radius 3 is 2.50 bits per heavy atom. The summed E-state index contributed by atoms with van der Waals surface area (Å²) in [5.74, 6) is -1.42. The molecule has 0 aliphatic carbocycles. The smallest absolute Gasteiger partial charge is 0.231 e. The second kappa shape index (κ2) is 6.28. The van der Waals surface area contributed by atoms with Crippen LogP contribution in [-0.4, -0.2) is 48.4 Å².